The summed E-state index contributed by atoms with van der Waals surface area (Å²) in [5, 5.41) is 2.70. The summed E-state index contributed by atoms with van der Waals surface area (Å²) in [6, 6.07) is -0.568. The van der Waals surface area contributed by atoms with Crippen LogP contribution in [0.1, 0.15) is 26.7 Å². The van der Waals surface area contributed by atoms with Gasteiger partial charge < -0.3 is 5.32 Å². The summed E-state index contributed by atoms with van der Waals surface area (Å²) in [4.78, 5) is 24.6. The van der Waals surface area contributed by atoms with Crippen LogP contribution in [-0.2, 0) is 4.79 Å². The molecule has 1 heterocycles. The maximum Gasteiger partial charge on any atom is 0.324 e. The fraction of sp³-hybridized carbons (Fsp3) is 0.800. The van der Waals surface area contributed by atoms with E-state index in [0.717, 1.165) is 12.8 Å². The van der Waals surface area contributed by atoms with Crippen LogP contribution >= 0.6 is 12.6 Å². The fourth-order valence-electron chi connectivity index (χ4n) is 1.60. The SMILES string of the molecule is CCCC1NC(=O)N(CC(C)CS)C1=O. The van der Waals surface area contributed by atoms with Gasteiger partial charge in [0.15, 0.2) is 0 Å². The molecule has 1 saturated heterocycles. The predicted molar refractivity (Wildman–Crippen MR) is 62.0 cm³/mol. The minimum atomic E-state index is -0.311. The molecule has 0 bridgehead atoms. The van der Waals surface area contributed by atoms with Crippen molar-refractivity contribution >= 4 is 24.6 Å². The second-order valence-corrected chi connectivity index (χ2v) is 4.39. The van der Waals surface area contributed by atoms with Gasteiger partial charge >= 0.3 is 6.03 Å². The number of nitrogens with zero attached hydrogens (tertiary/aromatic N) is 1. The zero-order chi connectivity index (χ0) is 11.4. The number of rotatable bonds is 5. The van der Waals surface area contributed by atoms with Gasteiger partial charge in [-0.15, -0.1) is 0 Å². The van der Waals surface area contributed by atoms with E-state index in [2.05, 4.69) is 17.9 Å². The van der Waals surface area contributed by atoms with Crippen molar-refractivity contribution in [1.29, 1.82) is 0 Å². The zero-order valence-corrected chi connectivity index (χ0v) is 10.1. The smallest absolute Gasteiger partial charge is 0.324 e. The Morgan fingerprint density at radius 2 is 2.20 bits per heavy atom. The summed E-state index contributed by atoms with van der Waals surface area (Å²) in [6.45, 7) is 4.44. The molecule has 0 saturated carbocycles. The first-order valence-corrected chi connectivity index (χ1v) is 5.96. The highest BCUT2D eigenvalue weighted by molar-refractivity contribution is 7.80. The zero-order valence-electron chi connectivity index (χ0n) is 9.19. The first kappa shape index (κ1) is 12.4. The van der Waals surface area contributed by atoms with Gasteiger partial charge in [-0.25, -0.2) is 4.79 Å². The van der Waals surface area contributed by atoms with E-state index < -0.39 is 0 Å². The quantitative estimate of drug-likeness (QED) is 0.552. The van der Waals surface area contributed by atoms with Gasteiger partial charge in [0, 0.05) is 6.54 Å². The summed E-state index contributed by atoms with van der Waals surface area (Å²) in [6.07, 6.45) is 1.61. The number of imide groups is 1. The van der Waals surface area contributed by atoms with Crippen LogP contribution in [-0.4, -0.2) is 35.2 Å². The topological polar surface area (TPSA) is 49.4 Å². The van der Waals surface area contributed by atoms with Crippen molar-refractivity contribution in [1.82, 2.24) is 10.2 Å². The second kappa shape index (κ2) is 5.39. The molecule has 0 spiro atoms. The third-order valence-electron chi connectivity index (χ3n) is 2.49. The number of carbonyl (C=O) groups is 2. The number of nitrogens with one attached hydrogen (secondary N) is 1. The molecule has 2 unspecified atom stereocenters. The van der Waals surface area contributed by atoms with Gasteiger partial charge in [-0.05, 0) is 18.1 Å². The molecular formula is C10H18N2O2S. The predicted octanol–water partition coefficient (Wildman–Crippen LogP) is 1.27. The summed E-state index contributed by atoms with van der Waals surface area (Å²) < 4.78 is 0. The van der Waals surface area contributed by atoms with Crippen LogP contribution in [0.3, 0.4) is 0 Å². The van der Waals surface area contributed by atoms with Crippen LogP contribution in [0.2, 0.25) is 0 Å². The molecule has 5 heteroatoms. The average molecular weight is 230 g/mol. The van der Waals surface area contributed by atoms with E-state index in [0.29, 0.717) is 12.3 Å². The van der Waals surface area contributed by atoms with E-state index in [9.17, 15) is 9.59 Å². The van der Waals surface area contributed by atoms with E-state index >= 15 is 0 Å². The standard InChI is InChI=1S/C10H18N2O2S/c1-3-4-8-9(13)12(10(14)11-8)5-7(2)6-15/h7-8,15H,3-6H2,1-2H3,(H,11,14). The molecule has 0 aliphatic carbocycles. The monoisotopic (exact) mass is 230 g/mol. The van der Waals surface area contributed by atoms with Gasteiger partial charge in [-0.1, -0.05) is 20.3 Å². The molecule has 4 nitrogen and oxygen atoms in total. The van der Waals surface area contributed by atoms with E-state index in [-0.39, 0.29) is 23.9 Å². The second-order valence-electron chi connectivity index (χ2n) is 4.03. The van der Waals surface area contributed by atoms with Crippen molar-refractivity contribution in [2.24, 2.45) is 5.92 Å². The van der Waals surface area contributed by atoms with Crippen molar-refractivity contribution in [2.75, 3.05) is 12.3 Å². The number of urea groups is 1. The summed E-state index contributed by atoms with van der Waals surface area (Å²) in [7, 11) is 0. The van der Waals surface area contributed by atoms with Gasteiger partial charge in [0.1, 0.15) is 6.04 Å². The first-order chi connectivity index (χ1) is 7.10. The Bertz CT molecular complexity index is 258. The number of thiol groups is 1. The molecule has 0 radical (unpaired) electrons. The molecule has 0 aromatic heterocycles. The Morgan fingerprint density at radius 1 is 1.53 bits per heavy atom. The molecule has 86 valence electrons. The van der Waals surface area contributed by atoms with Crippen LogP contribution in [0.15, 0.2) is 0 Å². The Morgan fingerprint density at radius 3 is 2.73 bits per heavy atom. The largest absolute Gasteiger partial charge is 0.326 e. The van der Waals surface area contributed by atoms with Crippen molar-refractivity contribution in [2.45, 2.75) is 32.7 Å². The highest BCUT2D eigenvalue weighted by Gasteiger charge is 2.37. The summed E-state index contributed by atoms with van der Waals surface area (Å²) in [5.41, 5.74) is 0. The van der Waals surface area contributed by atoms with Crippen LogP contribution < -0.4 is 5.32 Å². The van der Waals surface area contributed by atoms with E-state index in [1.165, 1.54) is 4.90 Å². The number of hydrogen-bond acceptors (Lipinski definition) is 3. The van der Waals surface area contributed by atoms with Gasteiger partial charge in [-0.3, -0.25) is 9.69 Å². The lowest BCUT2D eigenvalue weighted by Gasteiger charge is -2.16. The lowest BCUT2D eigenvalue weighted by molar-refractivity contribution is -0.127. The summed E-state index contributed by atoms with van der Waals surface area (Å²) >= 11 is 4.14. The minimum Gasteiger partial charge on any atom is -0.326 e. The molecular weight excluding hydrogens is 212 g/mol. The highest BCUT2D eigenvalue weighted by Crippen LogP contribution is 2.13. The van der Waals surface area contributed by atoms with Gasteiger partial charge in [0.2, 0.25) is 0 Å². The molecule has 1 fully saturated rings. The Kier molecular flexibility index (Phi) is 4.45. The van der Waals surface area contributed by atoms with Gasteiger partial charge in [-0.2, -0.15) is 12.6 Å². The van der Waals surface area contributed by atoms with Crippen molar-refractivity contribution < 1.29 is 9.59 Å². The molecule has 0 aromatic rings. The molecule has 15 heavy (non-hydrogen) atoms. The van der Waals surface area contributed by atoms with Crippen LogP contribution in [0.5, 0.6) is 0 Å². The molecule has 1 aliphatic rings. The molecule has 2 atom stereocenters. The van der Waals surface area contributed by atoms with E-state index in [1.807, 2.05) is 13.8 Å². The van der Waals surface area contributed by atoms with Gasteiger partial charge in [0.25, 0.3) is 5.91 Å². The Balaban J connectivity index is 2.58. The molecule has 1 N–H and O–H groups in total. The highest BCUT2D eigenvalue weighted by atomic mass is 32.1. The third-order valence-corrected chi connectivity index (χ3v) is 3.11. The number of hydrogen-bond donors (Lipinski definition) is 2. The van der Waals surface area contributed by atoms with Crippen LogP contribution in [0, 0.1) is 5.92 Å². The van der Waals surface area contributed by atoms with Gasteiger partial charge in [0.05, 0.1) is 0 Å². The lowest BCUT2D eigenvalue weighted by atomic mass is 10.1. The van der Waals surface area contributed by atoms with Crippen molar-refractivity contribution in [3.05, 3.63) is 0 Å². The Hall–Kier alpha value is -0.710. The van der Waals surface area contributed by atoms with Crippen molar-refractivity contribution in [3.63, 3.8) is 0 Å². The van der Waals surface area contributed by atoms with Crippen LogP contribution in [0.25, 0.3) is 0 Å². The maximum atomic E-state index is 11.8. The first-order valence-electron chi connectivity index (χ1n) is 5.32. The molecule has 3 amide bonds. The maximum absolute atomic E-state index is 11.8. The number of carbonyl (C=O) groups excluding carboxylic acids is 2. The third kappa shape index (κ3) is 2.87. The van der Waals surface area contributed by atoms with E-state index in [1.54, 1.807) is 0 Å². The number of amides is 3. The normalized spacial score (nSPS) is 23.1. The van der Waals surface area contributed by atoms with Crippen LogP contribution in [0.4, 0.5) is 4.79 Å². The fourth-order valence-corrected chi connectivity index (χ4v) is 1.72. The van der Waals surface area contributed by atoms with Crippen molar-refractivity contribution in [3.8, 4) is 0 Å². The molecule has 0 aromatic carbocycles. The average Bonchev–Trinajstić information content (AvgIpc) is 2.46. The molecule has 1 rings (SSSR count). The lowest BCUT2D eigenvalue weighted by Crippen LogP contribution is -2.35. The molecule has 1 aliphatic heterocycles. The minimum absolute atomic E-state index is 0.0875. The Labute approximate surface area is 95.8 Å². The van der Waals surface area contributed by atoms with E-state index in [4.69, 9.17) is 0 Å². The summed E-state index contributed by atoms with van der Waals surface area (Å²) in [5.74, 6) is 0.828.